The summed E-state index contributed by atoms with van der Waals surface area (Å²) in [5.74, 6) is 0.339. The molecule has 6 aromatic rings. The number of carboxylic acids is 1. The molecule has 0 bridgehead atoms. The first-order valence-corrected chi connectivity index (χ1v) is 38.7. The van der Waals surface area contributed by atoms with Gasteiger partial charge in [0.2, 0.25) is 0 Å². The molecule has 4 fully saturated rings. The number of carbonyl (C=O) groups is 8. The number of nitrogens with one attached hydrogen (secondary N) is 4. The molecule has 4 aliphatic rings. The highest BCUT2D eigenvalue weighted by Crippen LogP contribution is 2.36. The molecule has 0 atom stereocenters. The van der Waals surface area contributed by atoms with Crippen molar-refractivity contribution in [2.75, 3.05) is 94.9 Å². The van der Waals surface area contributed by atoms with Gasteiger partial charge in [0.25, 0.3) is 0 Å². The first-order valence-electron chi connectivity index (χ1n) is 36.8. The van der Waals surface area contributed by atoms with E-state index in [-0.39, 0.29) is 68.9 Å². The molecule has 0 saturated carbocycles. The van der Waals surface area contributed by atoms with Crippen LogP contribution >= 0.6 is 58.0 Å². The van der Waals surface area contributed by atoms with Gasteiger partial charge in [-0.3, -0.25) is 34.1 Å². The zero-order valence-electron chi connectivity index (χ0n) is 63.1. The molecule has 10 rings (SSSR count). The number of ether oxygens (including phenoxy) is 4. The second-order valence-corrected chi connectivity index (χ2v) is 29.0. The van der Waals surface area contributed by atoms with E-state index in [1.54, 1.807) is 17.3 Å². The van der Waals surface area contributed by atoms with E-state index in [0.29, 0.717) is 127 Å². The number of aromatic nitrogens is 3. The number of nitrogens with two attached hydrogens (primary N) is 2. The van der Waals surface area contributed by atoms with Crippen molar-refractivity contribution in [1.29, 1.82) is 0 Å². The van der Waals surface area contributed by atoms with Gasteiger partial charge in [0, 0.05) is 145 Å². The molecule has 31 heteroatoms. The van der Waals surface area contributed by atoms with Crippen LogP contribution < -0.4 is 48.7 Å². The van der Waals surface area contributed by atoms with Crippen molar-refractivity contribution in [3.05, 3.63) is 182 Å². The van der Waals surface area contributed by atoms with E-state index in [9.17, 15) is 38.4 Å². The van der Waals surface area contributed by atoms with Gasteiger partial charge in [-0.15, -0.1) is 0 Å². The molecule has 12 N–H and O–H groups in total. The van der Waals surface area contributed by atoms with Crippen LogP contribution in [0.2, 0.25) is 25.1 Å². The third kappa shape index (κ3) is 39.5. The molecule has 7 heterocycles. The second-order valence-electron chi connectivity index (χ2n) is 27.0. The first kappa shape index (κ1) is 96.8. The molecule has 111 heavy (non-hydrogen) atoms. The number of ketones is 3. The number of carboxylic acid groups (broad SMARTS) is 1. The number of amides is 4. The summed E-state index contributed by atoms with van der Waals surface area (Å²) in [4.78, 5) is 111. The van der Waals surface area contributed by atoms with E-state index < -0.39 is 29.9 Å². The lowest BCUT2D eigenvalue weighted by Gasteiger charge is -2.33. The van der Waals surface area contributed by atoms with Crippen LogP contribution in [0.5, 0.6) is 0 Å². The van der Waals surface area contributed by atoms with Crippen LogP contribution in [0.3, 0.4) is 0 Å². The Hall–Kier alpha value is -8.44. The number of hydrogen-bond donors (Lipinski definition) is 8. The van der Waals surface area contributed by atoms with Gasteiger partial charge in [-0.05, 0) is 140 Å². The van der Waals surface area contributed by atoms with Crippen LogP contribution in [0.1, 0.15) is 135 Å². The van der Waals surface area contributed by atoms with Gasteiger partial charge in [0.1, 0.15) is 42.8 Å². The number of benzene rings is 3. The van der Waals surface area contributed by atoms with Crippen molar-refractivity contribution in [1.82, 2.24) is 47.3 Å². The predicted octanol–water partition coefficient (Wildman–Crippen LogP) is 15.2. The summed E-state index contributed by atoms with van der Waals surface area (Å²) in [6, 6.07) is 32.6. The lowest BCUT2D eigenvalue weighted by molar-refractivity contribution is -0.143. The Balaban J connectivity index is 0.000000356. The predicted molar refractivity (Wildman–Crippen MR) is 438 cm³/mol. The van der Waals surface area contributed by atoms with Gasteiger partial charge in [-0.1, -0.05) is 156 Å². The van der Waals surface area contributed by atoms with Gasteiger partial charge in [0.15, 0.2) is 0 Å². The van der Waals surface area contributed by atoms with Gasteiger partial charge in [-0.2, -0.15) is 0 Å². The lowest BCUT2D eigenvalue weighted by Crippen LogP contribution is -2.42. The van der Waals surface area contributed by atoms with Crippen LogP contribution in [-0.4, -0.2) is 163 Å². The highest BCUT2D eigenvalue weighted by atomic mass is 35.5. The van der Waals surface area contributed by atoms with Gasteiger partial charge < -0.3 is 77.6 Å². The maximum absolute atomic E-state index is 12.5. The summed E-state index contributed by atoms with van der Waals surface area (Å²) in [6.45, 7) is 14.8. The van der Waals surface area contributed by atoms with Gasteiger partial charge >= 0.3 is 30.3 Å². The molecule has 3 aromatic heterocycles. The number of carbonyl (C=O) groups excluding carboxylic acids is 7. The van der Waals surface area contributed by atoms with E-state index >= 15 is 0 Å². The Bertz CT molecular complexity index is 3630. The molecule has 4 aliphatic heterocycles. The van der Waals surface area contributed by atoms with Crippen LogP contribution in [0.4, 0.5) is 30.6 Å². The zero-order valence-corrected chi connectivity index (χ0v) is 66.9. The number of halogens is 5. The van der Waals surface area contributed by atoms with E-state index in [4.69, 9.17) is 93.5 Å². The normalized spacial score (nSPS) is 14.3. The minimum atomic E-state index is -0.774. The Morgan fingerprint density at radius 1 is 0.486 bits per heavy atom. The number of aliphatic carboxylic acids is 1. The van der Waals surface area contributed by atoms with Crippen molar-refractivity contribution in [3.8, 4) is 0 Å². The number of nitrogens with zero attached hydrogens (tertiary/aromatic N) is 6. The van der Waals surface area contributed by atoms with Gasteiger partial charge in [-0.25, -0.2) is 19.2 Å². The largest absolute Gasteiger partial charge is 0.481 e. The molecular weight excluding hydrogens is 1530 g/mol. The van der Waals surface area contributed by atoms with Crippen LogP contribution in [-0.2, 0) is 57.9 Å². The number of alkyl carbamates (subject to hydrolysis) is 3. The van der Waals surface area contributed by atoms with Gasteiger partial charge in [0.05, 0.1) is 36.7 Å². The molecule has 610 valence electrons. The molecule has 0 radical (unpaired) electrons. The summed E-state index contributed by atoms with van der Waals surface area (Å²) in [7, 11) is 0. The third-order valence-electron chi connectivity index (χ3n) is 17.6. The molecule has 4 amide bonds. The monoisotopic (exact) mass is 1640 g/mol. The van der Waals surface area contributed by atoms with Crippen molar-refractivity contribution >= 4 is 117 Å². The van der Waals surface area contributed by atoms with Crippen molar-refractivity contribution in [3.63, 3.8) is 0 Å². The Morgan fingerprint density at radius 3 is 1.23 bits per heavy atom. The van der Waals surface area contributed by atoms with E-state index in [2.05, 4.69) is 46.0 Å². The van der Waals surface area contributed by atoms with Crippen molar-refractivity contribution in [2.45, 2.75) is 144 Å². The standard InChI is InChI=1S/C22H25Cl2N3O3.C17H24N2O3.C14H21N3O.C11H19NO4.C10H14N2O2.C5H2Cl3N.CH4.H3N/c23-18-13-25-14-19(24)21(18)27-11-8-17(9-12-27)20(28)7-4-10-26-22(29)30-15-16-5-2-1-3-6-16;20-16(15-8-11-18-12-9-15)7-4-10-19-17(21)22-13-14-5-2-1-3-6-14;15-7-1-2-14(18)12-5-10-17(11-6-12)13-3-8-16-9-4-13;1-11(2,3)16-10(15)12-6-4-8(5-7-12)9(13)14;11-6-7-12-10(13)14-8-9-4-2-1-3-5-9;6-3-1-9-2-4(7)5(3)8;;/h1-3,5-6,13-14,17H,4,7-12,15H2,(H,26,29);1-3,5-6,15,18H,4,7-13H2,(H,19,21);3-4,8-9,12H,1-2,5-7,10-11,15H2;8H,4-7H2,1-3H3,(H,13,14);1-5H,6-8,11H2,(H,12,13);1-2H;1H4;1H3. The Labute approximate surface area is 678 Å². The molecule has 4 saturated heterocycles. The first-order chi connectivity index (χ1) is 52.4. The number of rotatable bonds is 25. The average molecular weight is 1640 g/mol. The summed E-state index contributed by atoms with van der Waals surface area (Å²) >= 11 is 29.1. The quantitative estimate of drug-likeness (QED) is 0.0195. The fraction of sp³-hybridized carbons (Fsp3) is 0.487. The zero-order chi connectivity index (χ0) is 79.2. The molecule has 0 spiro atoms. The summed E-state index contributed by atoms with van der Waals surface area (Å²) in [5, 5.41) is 22.1. The Morgan fingerprint density at radius 2 is 0.856 bits per heavy atom. The molecule has 0 aliphatic carbocycles. The number of anilines is 2. The molecule has 0 unspecified atom stereocenters. The summed E-state index contributed by atoms with van der Waals surface area (Å²) in [5.41, 5.74) is 15.0. The fourth-order valence-corrected chi connectivity index (χ4v) is 12.7. The minimum Gasteiger partial charge on any atom is -0.481 e. The number of pyridine rings is 3. The SMILES string of the molecule is C.CC(C)(C)OC(=O)N1CCC(C(=O)O)CC1.Clc1cncc(Cl)c1Cl.N.NCCCC(=O)C1CCN(c2ccncc2)CC1.NCCNC(=O)OCc1ccccc1.O=C(NCCCC(=O)C1CCN(c2c(Cl)cncc2Cl)CC1)OCc1ccccc1.O=C(NCCCC(=O)C1CCNCC1)OCc1ccccc1. The summed E-state index contributed by atoms with van der Waals surface area (Å²) in [6.07, 6.45) is 18.1. The van der Waals surface area contributed by atoms with E-state index in [0.717, 1.165) is 107 Å². The average Bonchev–Trinajstić information content (AvgIpc) is 0.813. The van der Waals surface area contributed by atoms with Crippen molar-refractivity contribution < 1.29 is 62.4 Å². The van der Waals surface area contributed by atoms with Crippen LogP contribution in [0.25, 0.3) is 0 Å². The molecule has 26 nitrogen and oxygen atoms in total. The molecule has 3 aromatic carbocycles. The number of Topliss-reactive ketones (excluding diaryl/α,β-unsaturated/α-hetero) is 3. The van der Waals surface area contributed by atoms with E-state index in [1.807, 2.05) is 136 Å². The Kier molecular flexibility index (Phi) is 48.0. The highest BCUT2D eigenvalue weighted by Gasteiger charge is 2.31. The maximum atomic E-state index is 12.5. The maximum Gasteiger partial charge on any atom is 0.410 e. The minimum absolute atomic E-state index is 0. The fourth-order valence-electron chi connectivity index (χ4n) is 11.6. The number of hydrogen-bond acceptors (Lipinski definition) is 21. The lowest BCUT2D eigenvalue weighted by atomic mass is 9.90. The summed E-state index contributed by atoms with van der Waals surface area (Å²) < 4.78 is 20.4. The highest BCUT2D eigenvalue weighted by molar-refractivity contribution is 6.47. The second kappa shape index (κ2) is 55.1. The van der Waals surface area contributed by atoms with Crippen LogP contribution in [0, 0.1) is 23.7 Å². The van der Waals surface area contributed by atoms with E-state index in [1.165, 1.54) is 18.1 Å². The van der Waals surface area contributed by atoms with Crippen LogP contribution in [0.15, 0.2) is 140 Å². The molecular formula is C80H112Cl5N13O13. The van der Waals surface area contributed by atoms with Crippen molar-refractivity contribution in [2.24, 2.45) is 35.1 Å². The third-order valence-corrected chi connectivity index (χ3v) is 19.3. The topological polar surface area (TPSA) is 377 Å². The number of likely N-dealkylation sites (tertiary alicyclic amines) is 1. The smallest absolute Gasteiger partial charge is 0.410 e. The number of piperidine rings is 4.